The quantitative estimate of drug-likeness (QED) is 0.808. The highest BCUT2D eigenvalue weighted by molar-refractivity contribution is 6.30. The number of carbonyl (C=O) groups excluding carboxylic acids is 3. The minimum atomic E-state index is -0.667. The maximum Gasteiger partial charge on any atom is 0.340 e. The molecular weight excluding hydrogens is 298 g/mol. The van der Waals surface area contributed by atoms with Gasteiger partial charge in [0.1, 0.15) is 0 Å². The second-order valence-electron chi connectivity index (χ2n) is 4.51. The Kier molecular flexibility index (Phi) is 4.64. The van der Waals surface area contributed by atoms with Crippen LogP contribution in [0.25, 0.3) is 0 Å². The van der Waals surface area contributed by atoms with Gasteiger partial charge in [-0.15, -0.1) is 0 Å². The fraction of sp³-hybridized carbons (Fsp3) is 0.308. The van der Waals surface area contributed by atoms with Crippen LogP contribution in [0.4, 0.5) is 10.5 Å². The predicted octanol–water partition coefficient (Wildman–Crippen LogP) is 1.40. The molecule has 112 valence electrons. The van der Waals surface area contributed by atoms with Crippen LogP contribution in [0.1, 0.15) is 6.42 Å². The zero-order valence-corrected chi connectivity index (χ0v) is 12.0. The van der Waals surface area contributed by atoms with E-state index in [9.17, 15) is 14.4 Å². The topological polar surface area (TPSA) is 87.7 Å². The highest BCUT2D eigenvalue weighted by Crippen LogP contribution is 2.16. The van der Waals surface area contributed by atoms with Crippen LogP contribution >= 0.6 is 11.6 Å². The average molecular weight is 312 g/mol. The zero-order chi connectivity index (χ0) is 15.4. The van der Waals surface area contributed by atoms with E-state index < -0.39 is 23.8 Å². The molecule has 2 rings (SSSR count). The number of methoxy groups -OCH3 is 1. The first-order valence-electron chi connectivity index (χ1n) is 6.21. The lowest BCUT2D eigenvalue weighted by atomic mass is 10.0. The summed E-state index contributed by atoms with van der Waals surface area (Å²) in [5.41, 5.74) is 2.93. The lowest BCUT2D eigenvalue weighted by molar-refractivity contribution is -0.151. The number of hydrogen-bond donors (Lipinski definition) is 2. The van der Waals surface area contributed by atoms with E-state index in [0.29, 0.717) is 10.7 Å². The summed E-state index contributed by atoms with van der Waals surface area (Å²) in [7, 11) is 1.24. The van der Waals surface area contributed by atoms with E-state index in [-0.39, 0.29) is 13.0 Å². The van der Waals surface area contributed by atoms with Gasteiger partial charge in [-0.2, -0.15) is 0 Å². The van der Waals surface area contributed by atoms with Crippen molar-refractivity contribution in [2.75, 3.05) is 19.0 Å². The first-order valence-corrected chi connectivity index (χ1v) is 6.59. The molecule has 0 spiro atoms. The molecule has 0 aromatic heterocycles. The van der Waals surface area contributed by atoms with E-state index in [2.05, 4.69) is 15.5 Å². The largest absolute Gasteiger partial charge is 0.469 e. The number of carbonyl (C=O) groups is 3. The third kappa shape index (κ3) is 3.85. The Bertz CT molecular complexity index is 561. The highest BCUT2D eigenvalue weighted by Gasteiger charge is 2.33. The maximum absolute atomic E-state index is 12.1. The maximum atomic E-state index is 12.1. The molecule has 0 bridgehead atoms. The number of halogens is 1. The van der Waals surface area contributed by atoms with Crippen LogP contribution in [0, 0.1) is 5.92 Å². The van der Waals surface area contributed by atoms with Crippen LogP contribution in [0.15, 0.2) is 24.3 Å². The van der Waals surface area contributed by atoms with E-state index in [1.54, 1.807) is 24.3 Å². The molecule has 2 N–H and O–H groups in total. The molecule has 8 heteroatoms. The molecule has 7 nitrogen and oxygen atoms in total. The molecule has 0 unspecified atom stereocenters. The Balaban J connectivity index is 2.02. The first-order chi connectivity index (χ1) is 9.99. The summed E-state index contributed by atoms with van der Waals surface area (Å²) < 4.78 is 4.61. The van der Waals surface area contributed by atoms with Crippen molar-refractivity contribution < 1.29 is 19.1 Å². The summed E-state index contributed by atoms with van der Waals surface area (Å²) >= 11 is 5.75. The molecule has 1 aromatic rings. The Hall–Kier alpha value is -2.28. The fourth-order valence-electron chi connectivity index (χ4n) is 1.93. The summed E-state index contributed by atoms with van der Waals surface area (Å²) in [6.45, 7) is 0.0534. The van der Waals surface area contributed by atoms with Crippen LogP contribution in [0.2, 0.25) is 5.02 Å². The third-order valence-corrected chi connectivity index (χ3v) is 3.22. The van der Waals surface area contributed by atoms with Crippen molar-refractivity contribution in [3.8, 4) is 0 Å². The van der Waals surface area contributed by atoms with Crippen LogP contribution < -0.4 is 10.7 Å². The van der Waals surface area contributed by atoms with Gasteiger partial charge >= 0.3 is 12.0 Å². The summed E-state index contributed by atoms with van der Waals surface area (Å²) in [6, 6.07) is 5.97. The Morgan fingerprint density at radius 1 is 1.38 bits per heavy atom. The number of rotatable bonds is 2. The second kappa shape index (κ2) is 6.45. The molecular formula is C13H14ClN3O4. The molecule has 0 radical (unpaired) electrons. The normalized spacial score (nSPS) is 17.9. The predicted molar refractivity (Wildman–Crippen MR) is 75.4 cm³/mol. The van der Waals surface area contributed by atoms with Gasteiger partial charge in [0.05, 0.1) is 19.6 Å². The lowest BCUT2D eigenvalue weighted by Crippen LogP contribution is -2.56. The van der Waals surface area contributed by atoms with Crippen molar-refractivity contribution in [3.05, 3.63) is 29.3 Å². The number of hydrogen-bond acceptors (Lipinski definition) is 4. The fourth-order valence-corrected chi connectivity index (χ4v) is 2.06. The molecule has 1 saturated heterocycles. The van der Waals surface area contributed by atoms with E-state index in [1.165, 1.54) is 7.11 Å². The SMILES string of the molecule is COC(=O)[C@@H]1CC(=O)NN(C(=O)Nc2ccc(Cl)cc2)C1. The van der Waals surface area contributed by atoms with Gasteiger partial charge in [-0.05, 0) is 24.3 Å². The molecule has 1 heterocycles. The lowest BCUT2D eigenvalue weighted by Gasteiger charge is -2.31. The number of ether oxygens (including phenoxy) is 1. The van der Waals surface area contributed by atoms with Crippen molar-refractivity contribution in [1.29, 1.82) is 0 Å². The number of urea groups is 1. The van der Waals surface area contributed by atoms with Gasteiger partial charge in [-0.1, -0.05) is 11.6 Å². The van der Waals surface area contributed by atoms with Crippen LogP contribution in [-0.2, 0) is 14.3 Å². The molecule has 0 aliphatic carbocycles. The van der Waals surface area contributed by atoms with Crippen LogP contribution in [-0.4, -0.2) is 36.6 Å². The third-order valence-electron chi connectivity index (χ3n) is 2.97. The summed E-state index contributed by atoms with van der Waals surface area (Å²) in [6.07, 6.45) is -0.00258. The molecule has 1 aliphatic rings. The Morgan fingerprint density at radius 2 is 2.05 bits per heavy atom. The van der Waals surface area contributed by atoms with Gasteiger partial charge in [-0.3, -0.25) is 15.0 Å². The summed E-state index contributed by atoms with van der Waals surface area (Å²) in [4.78, 5) is 35.1. The van der Waals surface area contributed by atoms with Crippen molar-refractivity contribution in [1.82, 2.24) is 10.4 Å². The minimum Gasteiger partial charge on any atom is -0.469 e. The number of amides is 3. The van der Waals surface area contributed by atoms with E-state index in [4.69, 9.17) is 11.6 Å². The molecule has 1 fully saturated rings. The van der Waals surface area contributed by atoms with E-state index >= 15 is 0 Å². The standard InChI is InChI=1S/C13H14ClN3O4/c1-21-12(19)8-6-11(18)16-17(7-8)13(20)15-10-4-2-9(14)3-5-10/h2-5,8H,6-7H2,1H3,(H,15,20)(H,16,18)/t8-/m1/s1. The number of hydrazine groups is 1. The number of anilines is 1. The number of benzene rings is 1. The smallest absolute Gasteiger partial charge is 0.340 e. The Morgan fingerprint density at radius 3 is 2.67 bits per heavy atom. The molecule has 21 heavy (non-hydrogen) atoms. The first kappa shape index (κ1) is 15.1. The van der Waals surface area contributed by atoms with Gasteiger partial charge in [-0.25, -0.2) is 9.80 Å². The Labute approximate surface area is 126 Å². The molecule has 1 aliphatic heterocycles. The molecule has 1 aromatic carbocycles. The van der Waals surface area contributed by atoms with Crippen LogP contribution in [0.3, 0.4) is 0 Å². The number of esters is 1. The van der Waals surface area contributed by atoms with E-state index in [1.807, 2.05) is 0 Å². The van der Waals surface area contributed by atoms with Crippen molar-refractivity contribution >= 4 is 35.2 Å². The molecule has 3 amide bonds. The van der Waals surface area contributed by atoms with Gasteiger partial charge in [0, 0.05) is 17.1 Å². The molecule has 0 saturated carbocycles. The van der Waals surface area contributed by atoms with Crippen LogP contribution in [0.5, 0.6) is 0 Å². The van der Waals surface area contributed by atoms with Gasteiger partial charge in [0.15, 0.2) is 0 Å². The van der Waals surface area contributed by atoms with Gasteiger partial charge in [0.2, 0.25) is 5.91 Å². The summed E-state index contributed by atoms with van der Waals surface area (Å²) in [5.74, 6) is -1.60. The van der Waals surface area contributed by atoms with Gasteiger partial charge in [0.25, 0.3) is 0 Å². The van der Waals surface area contributed by atoms with Gasteiger partial charge < -0.3 is 10.1 Å². The number of nitrogens with zero attached hydrogens (tertiary/aromatic N) is 1. The van der Waals surface area contributed by atoms with Crippen molar-refractivity contribution in [2.24, 2.45) is 5.92 Å². The second-order valence-corrected chi connectivity index (χ2v) is 4.94. The number of nitrogens with one attached hydrogen (secondary N) is 2. The van der Waals surface area contributed by atoms with E-state index in [0.717, 1.165) is 5.01 Å². The average Bonchev–Trinajstić information content (AvgIpc) is 2.48. The minimum absolute atomic E-state index is 0.00258. The highest BCUT2D eigenvalue weighted by atomic mass is 35.5. The molecule has 1 atom stereocenters. The monoisotopic (exact) mass is 311 g/mol. The van der Waals surface area contributed by atoms with Crippen molar-refractivity contribution in [2.45, 2.75) is 6.42 Å². The van der Waals surface area contributed by atoms with Crippen molar-refractivity contribution in [3.63, 3.8) is 0 Å². The summed E-state index contributed by atoms with van der Waals surface area (Å²) in [5, 5.41) is 4.20. The zero-order valence-electron chi connectivity index (χ0n) is 11.3.